The molecule has 2 aromatic carbocycles. The predicted molar refractivity (Wildman–Crippen MR) is 113 cm³/mol. The van der Waals surface area contributed by atoms with Gasteiger partial charge in [0.25, 0.3) is 5.91 Å². The third-order valence-electron chi connectivity index (χ3n) is 5.00. The molecular weight excluding hydrogens is 390 g/mol. The van der Waals surface area contributed by atoms with Crippen molar-refractivity contribution in [3.05, 3.63) is 51.5 Å². The number of rotatable bonds is 3. The van der Waals surface area contributed by atoms with Crippen LogP contribution in [0.15, 0.2) is 34.8 Å². The van der Waals surface area contributed by atoms with E-state index in [4.69, 9.17) is 5.73 Å². The van der Waals surface area contributed by atoms with Crippen LogP contribution >= 0.6 is 15.9 Å². The van der Waals surface area contributed by atoms with E-state index in [0.717, 1.165) is 46.5 Å². The number of halogens is 1. The summed E-state index contributed by atoms with van der Waals surface area (Å²) in [5.74, 6) is 0.521. The summed E-state index contributed by atoms with van der Waals surface area (Å²) in [6, 6.07) is 9.66. The molecule has 0 spiro atoms. The Bertz CT molecular complexity index is 811. The lowest BCUT2D eigenvalue weighted by molar-refractivity contribution is 0.102. The van der Waals surface area contributed by atoms with Crippen LogP contribution in [0.5, 0.6) is 0 Å². The van der Waals surface area contributed by atoms with E-state index in [1.165, 1.54) is 6.42 Å². The van der Waals surface area contributed by atoms with E-state index in [1.54, 1.807) is 6.07 Å². The normalized spacial score (nSPS) is 17.2. The quantitative estimate of drug-likeness (QED) is 0.682. The highest BCUT2D eigenvalue weighted by atomic mass is 79.9. The van der Waals surface area contributed by atoms with Gasteiger partial charge in [-0.15, -0.1) is 0 Å². The fourth-order valence-corrected chi connectivity index (χ4v) is 4.39. The SMILES string of the molecule is Cc1cc(Br)cc(C)c1NC(=O)c1cc(N)ccc1N1CCCC(C)C1. The Kier molecular flexibility index (Phi) is 5.56. The molecule has 1 aliphatic heterocycles. The number of aryl methyl sites for hydroxylation is 2. The van der Waals surface area contributed by atoms with Crippen molar-refractivity contribution in [2.45, 2.75) is 33.6 Å². The minimum atomic E-state index is -0.112. The van der Waals surface area contributed by atoms with Crippen LogP contribution in [0.4, 0.5) is 17.1 Å². The van der Waals surface area contributed by atoms with Crippen molar-refractivity contribution < 1.29 is 4.79 Å². The molecule has 0 aromatic heterocycles. The molecule has 1 aliphatic rings. The van der Waals surface area contributed by atoms with Crippen molar-refractivity contribution in [3.63, 3.8) is 0 Å². The van der Waals surface area contributed by atoms with E-state index >= 15 is 0 Å². The number of anilines is 3. The molecule has 1 atom stereocenters. The average molecular weight is 416 g/mol. The largest absolute Gasteiger partial charge is 0.399 e. The Labute approximate surface area is 163 Å². The van der Waals surface area contributed by atoms with E-state index in [2.05, 4.69) is 33.1 Å². The Morgan fingerprint density at radius 2 is 1.92 bits per heavy atom. The van der Waals surface area contributed by atoms with Gasteiger partial charge in [0, 0.05) is 34.6 Å². The lowest BCUT2D eigenvalue weighted by Crippen LogP contribution is -2.35. The Morgan fingerprint density at radius 3 is 2.58 bits per heavy atom. The molecule has 4 nitrogen and oxygen atoms in total. The van der Waals surface area contributed by atoms with Crippen molar-refractivity contribution >= 4 is 38.9 Å². The first-order chi connectivity index (χ1) is 12.3. The van der Waals surface area contributed by atoms with Gasteiger partial charge in [0.2, 0.25) is 0 Å². The lowest BCUT2D eigenvalue weighted by Gasteiger charge is -2.34. The van der Waals surface area contributed by atoms with Crippen molar-refractivity contribution in [3.8, 4) is 0 Å². The molecule has 1 amide bonds. The molecule has 0 bridgehead atoms. The number of nitrogens with one attached hydrogen (secondary N) is 1. The maximum Gasteiger partial charge on any atom is 0.257 e. The number of nitrogens with zero attached hydrogens (tertiary/aromatic N) is 1. The number of benzene rings is 2. The van der Waals surface area contributed by atoms with Crippen LogP contribution in [-0.2, 0) is 0 Å². The van der Waals surface area contributed by atoms with Gasteiger partial charge in [0.15, 0.2) is 0 Å². The topological polar surface area (TPSA) is 58.4 Å². The second-order valence-electron chi connectivity index (χ2n) is 7.34. The minimum Gasteiger partial charge on any atom is -0.399 e. The molecule has 3 N–H and O–H groups in total. The Morgan fingerprint density at radius 1 is 1.23 bits per heavy atom. The van der Waals surface area contributed by atoms with Crippen molar-refractivity contribution in [2.24, 2.45) is 5.92 Å². The first kappa shape index (κ1) is 18.8. The van der Waals surface area contributed by atoms with Crippen molar-refractivity contribution in [1.82, 2.24) is 0 Å². The van der Waals surface area contributed by atoms with E-state index in [9.17, 15) is 4.79 Å². The summed E-state index contributed by atoms with van der Waals surface area (Å²) in [4.78, 5) is 15.4. The van der Waals surface area contributed by atoms with Gasteiger partial charge < -0.3 is 16.0 Å². The molecule has 0 saturated carbocycles. The number of hydrogen-bond donors (Lipinski definition) is 2. The molecule has 0 radical (unpaired) electrons. The van der Waals surface area contributed by atoms with Gasteiger partial charge >= 0.3 is 0 Å². The first-order valence-corrected chi connectivity index (χ1v) is 9.87. The summed E-state index contributed by atoms with van der Waals surface area (Å²) in [7, 11) is 0. The van der Waals surface area contributed by atoms with Crippen molar-refractivity contribution in [1.29, 1.82) is 0 Å². The standard InChI is InChI=1S/C21H26BrN3O/c1-13-5-4-8-25(12-13)19-7-6-17(23)11-18(19)21(26)24-20-14(2)9-16(22)10-15(20)3/h6-7,9-11,13H,4-5,8,12,23H2,1-3H3,(H,24,26). The fourth-order valence-electron chi connectivity index (χ4n) is 3.71. The third kappa shape index (κ3) is 4.04. The maximum absolute atomic E-state index is 13.1. The van der Waals surface area contributed by atoms with E-state index < -0.39 is 0 Å². The van der Waals surface area contributed by atoms with E-state index in [1.807, 2.05) is 38.1 Å². The number of carbonyl (C=O) groups is 1. The molecule has 26 heavy (non-hydrogen) atoms. The Hall–Kier alpha value is -2.01. The summed E-state index contributed by atoms with van der Waals surface area (Å²) in [5, 5.41) is 3.10. The maximum atomic E-state index is 13.1. The van der Waals surface area contributed by atoms with Gasteiger partial charge in [0.1, 0.15) is 0 Å². The summed E-state index contributed by atoms with van der Waals surface area (Å²) in [6.07, 6.45) is 2.39. The molecule has 138 valence electrons. The van der Waals surface area contributed by atoms with Crippen LogP contribution in [0.2, 0.25) is 0 Å². The van der Waals surface area contributed by atoms with Gasteiger partial charge in [0.05, 0.1) is 5.56 Å². The van der Waals surface area contributed by atoms with Gasteiger partial charge in [-0.05, 0) is 74.1 Å². The summed E-state index contributed by atoms with van der Waals surface area (Å²) < 4.78 is 1.01. The van der Waals surface area contributed by atoms with Crippen LogP contribution in [0.25, 0.3) is 0 Å². The van der Waals surface area contributed by atoms with Crippen LogP contribution in [0.3, 0.4) is 0 Å². The molecule has 1 fully saturated rings. The molecule has 1 saturated heterocycles. The molecule has 1 heterocycles. The number of nitrogen functional groups attached to an aromatic ring is 1. The first-order valence-electron chi connectivity index (χ1n) is 9.07. The van der Waals surface area contributed by atoms with Gasteiger partial charge in [-0.2, -0.15) is 0 Å². The fraction of sp³-hybridized carbons (Fsp3) is 0.381. The molecule has 2 aromatic rings. The van der Waals surface area contributed by atoms with Gasteiger partial charge in [-0.3, -0.25) is 4.79 Å². The number of amides is 1. The van der Waals surface area contributed by atoms with E-state index in [0.29, 0.717) is 17.2 Å². The van der Waals surface area contributed by atoms with Gasteiger partial charge in [-0.1, -0.05) is 22.9 Å². The molecule has 5 heteroatoms. The van der Waals surface area contributed by atoms with Gasteiger partial charge in [-0.25, -0.2) is 0 Å². The van der Waals surface area contributed by atoms with Crippen molar-refractivity contribution in [2.75, 3.05) is 29.0 Å². The summed E-state index contributed by atoms with van der Waals surface area (Å²) in [5.41, 5.74) is 11.1. The molecule has 3 rings (SSSR count). The molecule has 0 aliphatic carbocycles. The zero-order chi connectivity index (χ0) is 18.8. The van der Waals surface area contributed by atoms with E-state index in [-0.39, 0.29) is 5.91 Å². The van der Waals surface area contributed by atoms with Crippen LogP contribution < -0.4 is 16.0 Å². The number of hydrogen-bond acceptors (Lipinski definition) is 3. The molecular formula is C21H26BrN3O. The number of piperidine rings is 1. The highest BCUT2D eigenvalue weighted by molar-refractivity contribution is 9.10. The number of nitrogens with two attached hydrogens (primary N) is 1. The molecule has 1 unspecified atom stereocenters. The highest BCUT2D eigenvalue weighted by Gasteiger charge is 2.22. The zero-order valence-electron chi connectivity index (χ0n) is 15.6. The second-order valence-corrected chi connectivity index (χ2v) is 8.25. The van der Waals surface area contributed by atoms with Crippen LogP contribution in [0, 0.1) is 19.8 Å². The number of carbonyl (C=O) groups excluding carboxylic acids is 1. The third-order valence-corrected chi connectivity index (χ3v) is 5.46. The highest BCUT2D eigenvalue weighted by Crippen LogP contribution is 2.30. The monoisotopic (exact) mass is 415 g/mol. The summed E-state index contributed by atoms with van der Waals surface area (Å²) in [6.45, 7) is 8.21. The lowest BCUT2D eigenvalue weighted by atomic mass is 9.98. The summed E-state index contributed by atoms with van der Waals surface area (Å²) >= 11 is 3.50. The zero-order valence-corrected chi connectivity index (χ0v) is 17.2. The van der Waals surface area contributed by atoms with Crippen LogP contribution in [0.1, 0.15) is 41.3 Å². The second kappa shape index (κ2) is 7.70. The average Bonchev–Trinajstić information content (AvgIpc) is 2.57. The Balaban J connectivity index is 1.93. The minimum absolute atomic E-state index is 0.112. The van der Waals surface area contributed by atoms with Crippen LogP contribution in [-0.4, -0.2) is 19.0 Å². The smallest absolute Gasteiger partial charge is 0.257 e. The predicted octanol–water partition coefficient (Wildman–Crippen LogP) is 5.14.